The Morgan fingerprint density at radius 3 is 0.841 bits per heavy atom. The van der Waals surface area contributed by atoms with Gasteiger partial charge in [-0.3, -0.25) is 14.4 Å². The first-order valence-corrected chi connectivity index (χ1v) is 30.8. The molecule has 0 aromatic heterocycles. The van der Waals surface area contributed by atoms with E-state index in [1.54, 1.807) is 0 Å². The summed E-state index contributed by atoms with van der Waals surface area (Å²) in [4.78, 5) is 38.1. The van der Waals surface area contributed by atoms with Crippen LogP contribution < -0.4 is 0 Å². The summed E-state index contributed by atoms with van der Waals surface area (Å²) in [7, 11) is 0. The average molecular weight is 972 g/mol. The molecule has 0 saturated carbocycles. The van der Waals surface area contributed by atoms with Gasteiger partial charge >= 0.3 is 17.9 Å². The highest BCUT2D eigenvalue weighted by molar-refractivity contribution is 5.71. The van der Waals surface area contributed by atoms with Crippen LogP contribution in [-0.2, 0) is 28.6 Å². The highest BCUT2D eigenvalue weighted by Gasteiger charge is 2.19. The summed E-state index contributed by atoms with van der Waals surface area (Å²) in [5.74, 6) is -0.863. The summed E-state index contributed by atoms with van der Waals surface area (Å²) in [6.07, 6.45) is 69.0. The van der Waals surface area contributed by atoms with Crippen LogP contribution in [-0.4, -0.2) is 37.2 Å². The molecule has 0 aliphatic carbocycles. The number of unbranched alkanes of at least 4 members (excludes halogenated alkanes) is 42. The Hall–Kier alpha value is -2.11. The van der Waals surface area contributed by atoms with E-state index in [9.17, 15) is 14.4 Å². The fourth-order valence-electron chi connectivity index (χ4n) is 9.29. The van der Waals surface area contributed by atoms with Crippen molar-refractivity contribution >= 4 is 17.9 Å². The van der Waals surface area contributed by atoms with E-state index in [1.165, 1.54) is 218 Å². The van der Waals surface area contributed by atoms with Gasteiger partial charge < -0.3 is 14.2 Å². The van der Waals surface area contributed by atoms with Crippen LogP contribution in [0.3, 0.4) is 0 Å². The lowest BCUT2D eigenvalue weighted by Crippen LogP contribution is -2.30. The monoisotopic (exact) mass is 971 g/mol. The molecule has 0 aliphatic rings. The van der Waals surface area contributed by atoms with Crippen molar-refractivity contribution in [2.24, 2.45) is 0 Å². The van der Waals surface area contributed by atoms with Gasteiger partial charge in [-0.15, -0.1) is 0 Å². The molecule has 0 aromatic rings. The summed E-state index contributed by atoms with van der Waals surface area (Å²) in [5, 5.41) is 0. The van der Waals surface area contributed by atoms with Crippen LogP contribution in [0.2, 0.25) is 0 Å². The molecule has 0 radical (unpaired) electrons. The van der Waals surface area contributed by atoms with Crippen molar-refractivity contribution < 1.29 is 28.6 Å². The van der Waals surface area contributed by atoms with Crippen LogP contribution in [0, 0.1) is 0 Å². The Kier molecular flexibility index (Phi) is 56.7. The number of rotatable bonds is 57. The van der Waals surface area contributed by atoms with Crippen LogP contribution in [0.15, 0.2) is 24.3 Å². The van der Waals surface area contributed by atoms with Gasteiger partial charge in [0, 0.05) is 19.3 Å². The fourth-order valence-corrected chi connectivity index (χ4v) is 9.29. The minimum Gasteiger partial charge on any atom is -0.462 e. The molecule has 0 rings (SSSR count). The zero-order chi connectivity index (χ0) is 50.0. The first-order chi connectivity index (χ1) is 34.0. The van der Waals surface area contributed by atoms with Gasteiger partial charge in [0.2, 0.25) is 0 Å². The normalized spacial score (nSPS) is 12.1. The average Bonchev–Trinajstić information content (AvgIpc) is 3.35. The standard InChI is InChI=1S/C63H118O6/c1-4-7-10-13-16-19-22-25-27-28-29-30-31-32-33-34-35-36-37-39-41-44-47-50-53-56-62(65)68-59-60(58-67-61(64)55-52-49-46-43-40-24-21-18-15-12-9-6-3)69-63(66)57-54-51-48-45-42-38-26-23-20-17-14-11-8-5-2/h14,17,23,26,60H,4-13,15-16,18-22,24-25,27-59H2,1-3H3/b17-14-,26-23-. The van der Waals surface area contributed by atoms with Crippen molar-refractivity contribution in [3.8, 4) is 0 Å². The highest BCUT2D eigenvalue weighted by atomic mass is 16.6. The first kappa shape index (κ1) is 66.9. The van der Waals surface area contributed by atoms with Gasteiger partial charge in [0.15, 0.2) is 6.10 Å². The Bertz CT molecular complexity index is 1110. The Morgan fingerprint density at radius 1 is 0.290 bits per heavy atom. The SMILES string of the molecule is CCCC/C=C\C/C=C\CCCCCCCC(=O)OC(COC(=O)CCCCCCCCCCCCCC)COC(=O)CCCCCCCCCCCCCCCCCCCCCCCCCCC. The summed E-state index contributed by atoms with van der Waals surface area (Å²) in [6.45, 7) is 6.64. The molecule has 0 bridgehead atoms. The number of carbonyl (C=O) groups is 3. The summed E-state index contributed by atoms with van der Waals surface area (Å²) < 4.78 is 16.9. The number of hydrogen-bond donors (Lipinski definition) is 0. The van der Waals surface area contributed by atoms with Crippen LogP contribution in [0.25, 0.3) is 0 Å². The molecule has 0 aliphatic heterocycles. The van der Waals surface area contributed by atoms with Crippen molar-refractivity contribution in [1.29, 1.82) is 0 Å². The molecule has 406 valence electrons. The molecule has 0 amide bonds. The lowest BCUT2D eigenvalue weighted by molar-refractivity contribution is -0.167. The van der Waals surface area contributed by atoms with E-state index in [2.05, 4.69) is 45.1 Å². The second-order valence-electron chi connectivity index (χ2n) is 21.0. The van der Waals surface area contributed by atoms with Crippen molar-refractivity contribution in [2.45, 2.75) is 348 Å². The second-order valence-corrected chi connectivity index (χ2v) is 21.0. The Balaban J connectivity index is 4.18. The van der Waals surface area contributed by atoms with Crippen LogP contribution >= 0.6 is 0 Å². The summed E-state index contributed by atoms with van der Waals surface area (Å²) in [6, 6.07) is 0. The minimum atomic E-state index is -0.773. The van der Waals surface area contributed by atoms with Gasteiger partial charge in [-0.05, 0) is 44.9 Å². The van der Waals surface area contributed by atoms with E-state index in [1.807, 2.05) is 0 Å². The molecular formula is C63H118O6. The molecule has 6 heteroatoms. The fraction of sp³-hybridized carbons (Fsp3) is 0.889. The lowest BCUT2D eigenvalue weighted by Gasteiger charge is -2.18. The van der Waals surface area contributed by atoms with Crippen LogP contribution in [0.1, 0.15) is 342 Å². The third kappa shape index (κ3) is 56.7. The molecule has 0 aromatic carbocycles. The van der Waals surface area contributed by atoms with E-state index >= 15 is 0 Å². The largest absolute Gasteiger partial charge is 0.462 e. The van der Waals surface area contributed by atoms with Crippen LogP contribution in [0.5, 0.6) is 0 Å². The summed E-state index contributed by atoms with van der Waals surface area (Å²) >= 11 is 0. The Morgan fingerprint density at radius 2 is 0.536 bits per heavy atom. The topological polar surface area (TPSA) is 78.9 Å². The molecule has 0 spiro atoms. The predicted molar refractivity (Wildman–Crippen MR) is 298 cm³/mol. The molecular weight excluding hydrogens is 853 g/mol. The van der Waals surface area contributed by atoms with Gasteiger partial charge in [-0.2, -0.15) is 0 Å². The maximum absolute atomic E-state index is 12.8. The lowest BCUT2D eigenvalue weighted by atomic mass is 10.0. The molecule has 69 heavy (non-hydrogen) atoms. The third-order valence-electron chi connectivity index (χ3n) is 14.0. The van der Waals surface area contributed by atoms with Crippen molar-refractivity contribution in [3.05, 3.63) is 24.3 Å². The molecule has 0 N–H and O–H groups in total. The zero-order valence-corrected chi connectivity index (χ0v) is 46.6. The molecule has 6 nitrogen and oxygen atoms in total. The maximum atomic E-state index is 12.8. The van der Waals surface area contributed by atoms with E-state index in [-0.39, 0.29) is 31.1 Å². The molecule has 0 saturated heterocycles. The molecule has 1 unspecified atom stereocenters. The van der Waals surface area contributed by atoms with Gasteiger partial charge in [0.05, 0.1) is 0 Å². The highest BCUT2D eigenvalue weighted by Crippen LogP contribution is 2.18. The van der Waals surface area contributed by atoms with Crippen LogP contribution in [0.4, 0.5) is 0 Å². The number of hydrogen-bond acceptors (Lipinski definition) is 6. The van der Waals surface area contributed by atoms with Gasteiger partial charge in [0.1, 0.15) is 13.2 Å². The predicted octanol–water partition coefficient (Wildman–Crippen LogP) is 20.7. The van der Waals surface area contributed by atoms with Crippen molar-refractivity contribution in [1.82, 2.24) is 0 Å². The van der Waals surface area contributed by atoms with Crippen molar-refractivity contribution in [3.63, 3.8) is 0 Å². The second kappa shape index (κ2) is 58.5. The third-order valence-corrected chi connectivity index (χ3v) is 14.0. The van der Waals surface area contributed by atoms with E-state index < -0.39 is 6.10 Å². The first-order valence-electron chi connectivity index (χ1n) is 30.8. The maximum Gasteiger partial charge on any atom is 0.306 e. The Labute approximate surface area is 430 Å². The van der Waals surface area contributed by atoms with E-state index in [0.717, 1.165) is 83.5 Å². The van der Waals surface area contributed by atoms with Gasteiger partial charge in [0.25, 0.3) is 0 Å². The van der Waals surface area contributed by atoms with Gasteiger partial charge in [-0.25, -0.2) is 0 Å². The zero-order valence-electron chi connectivity index (χ0n) is 46.6. The molecule has 1 atom stereocenters. The van der Waals surface area contributed by atoms with E-state index in [4.69, 9.17) is 14.2 Å². The molecule has 0 heterocycles. The minimum absolute atomic E-state index is 0.0715. The molecule has 0 fully saturated rings. The number of allylic oxidation sites excluding steroid dienone is 4. The smallest absolute Gasteiger partial charge is 0.306 e. The van der Waals surface area contributed by atoms with E-state index in [0.29, 0.717) is 19.3 Å². The summed E-state index contributed by atoms with van der Waals surface area (Å²) in [5.41, 5.74) is 0. The number of carbonyl (C=O) groups excluding carboxylic acids is 3. The van der Waals surface area contributed by atoms with Crippen molar-refractivity contribution in [2.75, 3.05) is 13.2 Å². The number of esters is 3. The number of ether oxygens (including phenoxy) is 3. The van der Waals surface area contributed by atoms with Gasteiger partial charge in [-0.1, -0.05) is 302 Å². The quantitative estimate of drug-likeness (QED) is 0.0261.